The summed E-state index contributed by atoms with van der Waals surface area (Å²) in [7, 11) is 0. The maximum Gasteiger partial charge on any atom is 0.270 e. The second-order valence-corrected chi connectivity index (χ2v) is 5.59. The van der Waals surface area contributed by atoms with Crippen LogP contribution in [0.15, 0.2) is 71.7 Å². The van der Waals surface area contributed by atoms with Crippen LogP contribution in [0.2, 0.25) is 0 Å². The van der Waals surface area contributed by atoms with Gasteiger partial charge < -0.3 is 5.11 Å². The van der Waals surface area contributed by atoms with Gasteiger partial charge in [0.2, 0.25) is 0 Å². The van der Waals surface area contributed by atoms with E-state index in [1.807, 2.05) is 0 Å². The molecule has 3 rings (SSSR count). The van der Waals surface area contributed by atoms with Crippen molar-refractivity contribution in [3.8, 4) is 16.9 Å². The highest BCUT2D eigenvalue weighted by Crippen LogP contribution is 2.25. The molecule has 134 valence electrons. The van der Waals surface area contributed by atoms with E-state index in [-0.39, 0.29) is 22.7 Å². The molecule has 0 aliphatic carbocycles. The van der Waals surface area contributed by atoms with Gasteiger partial charge in [-0.1, -0.05) is 23.9 Å². The molecule has 0 amide bonds. The minimum atomic E-state index is -0.574. The monoisotopic (exact) mass is 362 g/mol. The number of benzene rings is 3. The summed E-state index contributed by atoms with van der Waals surface area (Å²) in [5, 5.41) is 33.3. The number of hydrogen-bond acceptors (Lipinski definition) is 6. The van der Waals surface area contributed by atoms with Crippen LogP contribution in [-0.2, 0) is 0 Å². The van der Waals surface area contributed by atoms with Crippen LogP contribution in [0.5, 0.6) is 5.75 Å². The largest absolute Gasteiger partial charge is 0.872 e. The van der Waals surface area contributed by atoms with Crippen molar-refractivity contribution in [3.05, 3.63) is 92.5 Å². The first kappa shape index (κ1) is 17.7. The van der Waals surface area contributed by atoms with Crippen LogP contribution < -0.4 is 5.11 Å². The molecule has 0 spiro atoms. The fourth-order valence-electron chi connectivity index (χ4n) is 2.41. The van der Waals surface area contributed by atoms with Gasteiger partial charge in [-0.15, -0.1) is 0 Å². The average molecular weight is 362 g/mol. The Morgan fingerprint density at radius 2 is 1.26 bits per heavy atom. The fraction of sp³-hybridized carbons (Fsp3) is 0. The number of rotatable bonds is 5. The van der Waals surface area contributed by atoms with Crippen LogP contribution in [0.25, 0.3) is 11.1 Å². The van der Waals surface area contributed by atoms with E-state index in [4.69, 9.17) is 0 Å². The van der Waals surface area contributed by atoms with E-state index in [2.05, 4.69) is 4.99 Å². The topological polar surface area (TPSA) is 122 Å². The maximum atomic E-state index is 11.8. The quantitative estimate of drug-likeness (QED) is 0.386. The molecule has 0 bridgehead atoms. The van der Waals surface area contributed by atoms with Crippen molar-refractivity contribution >= 4 is 23.3 Å². The summed E-state index contributed by atoms with van der Waals surface area (Å²) in [6, 6.07) is 16.7. The van der Waals surface area contributed by atoms with Crippen LogP contribution in [0.1, 0.15) is 5.56 Å². The summed E-state index contributed by atoms with van der Waals surface area (Å²) in [4.78, 5) is 24.6. The molecule has 0 aromatic heterocycles. The molecule has 3 aromatic carbocycles. The molecule has 0 atom stereocenters. The van der Waals surface area contributed by atoms with Crippen LogP contribution in [0, 0.1) is 20.2 Å². The van der Waals surface area contributed by atoms with Gasteiger partial charge in [0.1, 0.15) is 0 Å². The summed E-state index contributed by atoms with van der Waals surface area (Å²) in [6.07, 6.45) is 1.29. The van der Waals surface area contributed by atoms with E-state index in [1.165, 1.54) is 24.4 Å². The van der Waals surface area contributed by atoms with Gasteiger partial charge in [0.05, 0.1) is 15.5 Å². The van der Waals surface area contributed by atoms with E-state index < -0.39 is 9.85 Å². The molecule has 27 heavy (non-hydrogen) atoms. The summed E-state index contributed by atoms with van der Waals surface area (Å²) in [5.41, 5.74) is 2.20. The number of nitro groups is 2. The first-order valence-electron chi connectivity index (χ1n) is 7.78. The lowest BCUT2D eigenvalue weighted by molar-refractivity contribution is -0.385. The van der Waals surface area contributed by atoms with E-state index >= 15 is 0 Å². The molecule has 3 aromatic rings. The molecule has 8 heteroatoms. The van der Waals surface area contributed by atoms with E-state index in [1.54, 1.807) is 36.4 Å². The summed E-state index contributed by atoms with van der Waals surface area (Å²) in [5.74, 6) is -0.355. The smallest absolute Gasteiger partial charge is 0.270 e. The molecule has 0 saturated heterocycles. The van der Waals surface area contributed by atoms with Crippen molar-refractivity contribution in [1.82, 2.24) is 0 Å². The lowest BCUT2D eigenvalue weighted by atomic mass is 10.1. The first-order chi connectivity index (χ1) is 12.9. The molecule has 0 aliphatic heterocycles. The Labute approximate surface area is 153 Å². The van der Waals surface area contributed by atoms with Crippen molar-refractivity contribution in [2.75, 3.05) is 0 Å². The fourth-order valence-corrected chi connectivity index (χ4v) is 2.41. The zero-order chi connectivity index (χ0) is 19.4. The molecular weight excluding hydrogens is 350 g/mol. The molecule has 0 heterocycles. The van der Waals surface area contributed by atoms with Crippen LogP contribution >= 0.6 is 0 Å². The minimum Gasteiger partial charge on any atom is -0.872 e. The van der Waals surface area contributed by atoms with E-state index in [9.17, 15) is 25.3 Å². The minimum absolute atomic E-state index is 0.0188. The Kier molecular flexibility index (Phi) is 4.89. The van der Waals surface area contributed by atoms with E-state index in [0.29, 0.717) is 5.69 Å². The normalized spacial score (nSPS) is 10.8. The summed E-state index contributed by atoms with van der Waals surface area (Å²) in [6.45, 7) is 0. The van der Waals surface area contributed by atoms with Gasteiger partial charge in [-0.05, 0) is 41.0 Å². The third kappa shape index (κ3) is 4.13. The lowest BCUT2D eigenvalue weighted by Gasteiger charge is -2.08. The number of non-ortho nitro benzene ring substituents is 2. The molecule has 0 N–H and O–H groups in total. The third-order valence-electron chi connectivity index (χ3n) is 3.84. The van der Waals surface area contributed by atoms with Crippen molar-refractivity contribution < 1.29 is 15.0 Å². The zero-order valence-electron chi connectivity index (χ0n) is 13.8. The highest BCUT2D eigenvalue weighted by atomic mass is 16.6. The van der Waals surface area contributed by atoms with Gasteiger partial charge in [-0.3, -0.25) is 25.2 Å². The standard InChI is InChI=1S/C19H13N3O5/c23-19-10-9-18(22(26)27)11-15(19)12-20-16-5-1-13(2-6-16)14-3-7-17(8-4-14)21(24)25/h1-12,23H/p-1. The molecular formula is C19H12N3O5-. The van der Waals surface area contributed by atoms with Gasteiger partial charge in [0.25, 0.3) is 11.4 Å². The first-order valence-corrected chi connectivity index (χ1v) is 7.78. The predicted octanol–water partition coefficient (Wildman–Crippen LogP) is 3.99. The van der Waals surface area contributed by atoms with Crippen molar-refractivity contribution in [3.63, 3.8) is 0 Å². The van der Waals surface area contributed by atoms with Gasteiger partial charge >= 0.3 is 0 Å². The second kappa shape index (κ2) is 7.44. The third-order valence-corrected chi connectivity index (χ3v) is 3.84. The highest BCUT2D eigenvalue weighted by molar-refractivity contribution is 5.86. The average Bonchev–Trinajstić information content (AvgIpc) is 2.67. The number of nitrogens with zero attached hydrogens (tertiary/aromatic N) is 3. The Morgan fingerprint density at radius 3 is 1.81 bits per heavy atom. The lowest BCUT2D eigenvalue weighted by Crippen LogP contribution is -1.98. The van der Waals surface area contributed by atoms with Gasteiger partial charge in [-0.25, -0.2) is 0 Å². The SMILES string of the molecule is O=[N+]([O-])c1ccc(-c2ccc(N=Cc3cc([N+](=O)[O-])ccc3[O-])cc2)cc1. The molecule has 0 saturated carbocycles. The highest BCUT2D eigenvalue weighted by Gasteiger charge is 2.06. The molecule has 0 unspecified atom stereocenters. The van der Waals surface area contributed by atoms with Crippen LogP contribution in [0.4, 0.5) is 17.1 Å². The summed E-state index contributed by atoms with van der Waals surface area (Å²) < 4.78 is 0. The van der Waals surface area contributed by atoms with E-state index in [0.717, 1.165) is 23.3 Å². The van der Waals surface area contributed by atoms with Gasteiger partial charge in [0.15, 0.2) is 0 Å². The Bertz CT molecular complexity index is 1030. The van der Waals surface area contributed by atoms with Crippen molar-refractivity contribution in [2.45, 2.75) is 0 Å². The maximum absolute atomic E-state index is 11.8. The number of hydrogen-bond donors (Lipinski definition) is 0. The van der Waals surface area contributed by atoms with Crippen molar-refractivity contribution in [1.29, 1.82) is 0 Å². The summed E-state index contributed by atoms with van der Waals surface area (Å²) >= 11 is 0. The number of aliphatic imine (C=N–C) groups is 1. The Balaban J connectivity index is 1.80. The van der Waals surface area contributed by atoms with Gasteiger partial charge in [0, 0.05) is 30.5 Å². The van der Waals surface area contributed by atoms with Gasteiger partial charge in [-0.2, -0.15) is 0 Å². The Hall–Kier alpha value is -4.07. The predicted molar refractivity (Wildman–Crippen MR) is 98.3 cm³/mol. The molecule has 0 aliphatic rings. The zero-order valence-corrected chi connectivity index (χ0v) is 13.8. The van der Waals surface area contributed by atoms with Crippen LogP contribution in [-0.4, -0.2) is 16.1 Å². The molecule has 0 radical (unpaired) electrons. The second-order valence-electron chi connectivity index (χ2n) is 5.59. The van der Waals surface area contributed by atoms with Crippen molar-refractivity contribution in [2.24, 2.45) is 4.99 Å². The van der Waals surface area contributed by atoms with Crippen LogP contribution in [0.3, 0.4) is 0 Å². The molecule has 0 fully saturated rings. The number of nitro benzene ring substituents is 2. The Morgan fingerprint density at radius 1 is 0.741 bits per heavy atom. The molecule has 8 nitrogen and oxygen atoms in total.